The zero-order chi connectivity index (χ0) is 17.7. The maximum absolute atomic E-state index is 12.5. The highest BCUT2D eigenvalue weighted by atomic mass is 35.5. The summed E-state index contributed by atoms with van der Waals surface area (Å²) in [4.78, 5) is 23.8. The molecule has 0 saturated heterocycles. The van der Waals surface area contributed by atoms with Gasteiger partial charge in [-0.15, -0.1) is 0 Å². The lowest BCUT2D eigenvalue weighted by Crippen LogP contribution is -2.36. The normalized spacial score (nSPS) is 12.5. The molecular formula is C17H16ClNO4S. The monoisotopic (exact) mass is 365 g/mol. The Hall–Kier alpha value is -2.18. The number of benzene rings is 2. The van der Waals surface area contributed by atoms with Crippen molar-refractivity contribution in [2.45, 2.75) is 23.0 Å². The van der Waals surface area contributed by atoms with E-state index in [1.807, 2.05) is 0 Å². The highest BCUT2D eigenvalue weighted by Gasteiger charge is 2.32. The number of halogens is 1. The lowest BCUT2D eigenvalue weighted by molar-refractivity contribution is -0.117. The number of sulfone groups is 1. The van der Waals surface area contributed by atoms with Crippen LogP contribution < -0.4 is 5.73 Å². The van der Waals surface area contributed by atoms with Gasteiger partial charge in [-0.3, -0.25) is 9.59 Å². The molecule has 1 amide bonds. The molecule has 0 radical (unpaired) electrons. The second-order valence-corrected chi connectivity index (χ2v) is 7.78. The van der Waals surface area contributed by atoms with E-state index < -0.39 is 21.0 Å². The first kappa shape index (κ1) is 18.2. The summed E-state index contributed by atoms with van der Waals surface area (Å²) in [6.45, 7) is 0. The molecule has 2 aromatic carbocycles. The van der Waals surface area contributed by atoms with E-state index in [1.165, 1.54) is 12.1 Å². The van der Waals surface area contributed by atoms with Gasteiger partial charge in [-0.2, -0.15) is 0 Å². The van der Waals surface area contributed by atoms with Crippen LogP contribution in [0.15, 0.2) is 59.5 Å². The fourth-order valence-electron chi connectivity index (χ4n) is 2.27. The van der Waals surface area contributed by atoms with Crippen molar-refractivity contribution in [2.75, 3.05) is 0 Å². The summed E-state index contributed by atoms with van der Waals surface area (Å²) in [6, 6.07) is 13.8. The Morgan fingerprint density at radius 2 is 1.58 bits per heavy atom. The van der Waals surface area contributed by atoms with Gasteiger partial charge in [0, 0.05) is 17.0 Å². The van der Waals surface area contributed by atoms with E-state index in [9.17, 15) is 18.0 Å². The van der Waals surface area contributed by atoms with Crippen LogP contribution in [-0.4, -0.2) is 25.4 Å². The standard InChI is InChI=1S/C17H16ClNO4S/c18-13-8-6-12(7-9-13)15(20)10-11-16(17(19)21)24(22,23)14-4-2-1-3-5-14/h1-9,16H,10-11H2,(H2,19,21)/t16-/m0/s1. The molecule has 0 heterocycles. The topological polar surface area (TPSA) is 94.3 Å². The van der Waals surface area contributed by atoms with E-state index in [1.54, 1.807) is 42.5 Å². The first-order valence-electron chi connectivity index (χ1n) is 7.19. The summed E-state index contributed by atoms with van der Waals surface area (Å²) in [7, 11) is -3.93. The molecule has 0 fully saturated rings. The van der Waals surface area contributed by atoms with E-state index in [-0.39, 0.29) is 23.5 Å². The van der Waals surface area contributed by atoms with Gasteiger partial charge in [0.2, 0.25) is 5.91 Å². The Bertz CT molecular complexity index is 833. The first-order valence-corrected chi connectivity index (χ1v) is 9.12. The summed E-state index contributed by atoms with van der Waals surface area (Å²) in [5, 5.41) is -0.954. The molecule has 2 N–H and O–H groups in total. The van der Waals surface area contributed by atoms with Crippen molar-refractivity contribution in [1.82, 2.24) is 0 Å². The van der Waals surface area contributed by atoms with Crippen LogP contribution in [0.3, 0.4) is 0 Å². The second-order valence-electron chi connectivity index (χ2n) is 5.22. The highest BCUT2D eigenvalue weighted by Crippen LogP contribution is 2.20. The number of carbonyl (C=O) groups is 2. The predicted molar refractivity (Wildman–Crippen MR) is 91.6 cm³/mol. The van der Waals surface area contributed by atoms with Crippen LogP contribution in [-0.2, 0) is 14.6 Å². The van der Waals surface area contributed by atoms with Crippen LogP contribution in [0, 0.1) is 0 Å². The van der Waals surface area contributed by atoms with Gasteiger partial charge < -0.3 is 5.73 Å². The number of ketones is 1. The maximum atomic E-state index is 12.5. The van der Waals surface area contributed by atoms with Crippen molar-refractivity contribution in [3.05, 3.63) is 65.2 Å². The van der Waals surface area contributed by atoms with Gasteiger partial charge in [0.25, 0.3) is 0 Å². The van der Waals surface area contributed by atoms with E-state index >= 15 is 0 Å². The largest absolute Gasteiger partial charge is 0.369 e. The smallest absolute Gasteiger partial charge is 0.236 e. The average molecular weight is 366 g/mol. The zero-order valence-corrected chi connectivity index (χ0v) is 14.3. The third kappa shape index (κ3) is 4.21. The summed E-state index contributed by atoms with van der Waals surface area (Å²) in [5.41, 5.74) is 5.66. The number of amides is 1. The number of primary amides is 1. The van der Waals surface area contributed by atoms with Crippen molar-refractivity contribution in [1.29, 1.82) is 0 Å². The molecule has 0 aliphatic carbocycles. The number of hydrogen-bond donors (Lipinski definition) is 1. The van der Waals surface area contributed by atoms with Crippen molar-refractivity contribution in [2.24, 2.45) is 5.73 Å². The molecule has 0 aliphatic heterocycles. The minimum Gasteiger partial charge on any atom is -0.369 e. The molecule has 0 saturated carbocycles. The molecule has 0 aromatic heterocycles. The molecule has 7 heteroatoms. The lowest BCUT2D eigenvalue weighted by Gasteiger charge is -2.14. The average Bonchev–Trinajstić information content (AvgIpc) is 2.55. The third-order valence-electron chi connectivity index (χ3n) is 3.56. The van der Waals surface area contributed by atoms with E-state index in [0.717, 1.165) is 0 Å². The van der Waals surface area contributed by atoms with Gasteiger partial charge in [0.1, 0.15) is 5.25 Å². The molecular weight excluding hydrogens is 350 g/mol. The number of hydrogen-bond acceptors (Lipinski definition) is 4. The van der Waals surface area contributed by atoms with Crippen molar-refractivity contribution in [3.63, 3.8) is 0 Å². The Balaban J connectivity index is 2.16. The summed E-state index contributed by atoms with van der Waals surface area (Å²) in [6.07, 6.45) is -0.282. The molecule has 0 aliphatic rings. The minimum absolute atomic E-state index is 0.00717. The van der Waals surface area contributed by atoms with E-state index in [4.69, 9.17) is 17.3 Å². The Morgan fingerprint density at radius 3 is 2.12 bits per heavy atom. The molecule has 1 atom stereocenters. The van der Waals surface area contributed by atoms with Crippen LogP contribution in [0.25, 0.3) is 0 Å². The van der Waals surface area contributed by atoms with Gasteiger partial charge in [-0.25, -0.2) is 8.42 Å². The highest BCUT2D eigenvalue weighted by molar-refractivity contribution is 7.92. The quantitative estimate of drug-likeness (QED) is 0.763. The molecule has 0 unspecified atom stereocenters. The van der Waals surface area contributed by atoms with Crippen LogP contribution in [0.4, 0.5) is 0 Å². The van der Waals surface area contributed by atoms with Crippen molar-refractivity contribution < 1.29 is 18.0 Å². The summed E-state index contributed by atoms with van der Waals surface area (Å²) >= 11 is 5.76. The van der Waals surface area contributed by atoms with Crippen molar-refractivity contribution >= 4 is 33.1 Å². The van der Waals surface area contributed by atoms with Crippen LogP contribution in [0.2, 0.25) is 5.02 Å². The molecule has 0 spiro atoms. The Labute approximate surface area is 145 Å². The van der Waals surface area contributed by atoms with E-state index in [0.29, 0.717) is 10.6 Å². The maximum Gasteiger partial charge on any atom is 0.236 e. The Kier molecular flexibility index (Phi) is 5.75. The molecule has 126 valence electrons. The third-order valence-corrected chi connectivity index (χ3v) is 5.96. The molecule has 2 rings (SSSR count). The van der Waals surface area contributed by atoms with Crippen LogP contribution >= 0.6 is 11.6 Å². The zero-order valence-electron chi connectivity index (χ0n) is 12.7. The van der Waals surface area contributed by atoms with Gasteiger partial charge in [-0.05, 0) is 42.8 Å². The molecule has 24 heavy (non-hydrogen) atoms. The molecule has 0 bridgehead atoms. The summed E-state index contributed by atoms with van der Waals surface area (Å²) < 4.78 is 25.1. The SMILES string of the molecule is NC(=O)[C@H](CCC(=O)c1ccc(Cl)cc1)S(=O)(=O)c1ccccc1. The van der Waals surface area contributed by atoms with Crippen LogP contribution in [0.1, 0.15) is 23.2 Å². The predicted octanol–water partition coefficient (Wildman–Crippen LogP) is 2.63. The number of carbonyl (C=O) groups excluding carboxylic acids is 2. The first-order chi connectivity index (χ1) is 11.3. The van der Waals surface area contributed by atoms with Gasteiger partial charge in [0.05, 0.1) is 4.90 Å². The molecule has 5 nitrogen and oxygen atoms in total. The number of nitrogens with two attached hydrogens (primary N) is 1. The fourth-order valence-corrected chi connectivity index (χ4v) is 3.99. The van der Waals surface area contributed by atoms with E-state index in [2.05, 4.69) is 0 Å². The minimum atomic E-state index is -3.93. The van der Waals surface area contributed by atoms with Crippen molar-refractivity contribution in [3.8, 4) is 0 Å². The molecule has 2 aromatic rings. The number of Topliss-reactive ketones (excluding diaryl/α,β-unsaturated/α-hetero) is 1. The van der Waals surface area contributed by atoms with Gasteiger partial charge in [0.15, 0.2) is 15.6 Å². The Morgan fingerprint density at radius 1 is 1.00 bits per heavy atom. The van der Waals surface area contributed by atoms with Crippen LogP contribution in [0.5, 0.6) is 0 Å². The summed E-state index contributed by atoms with van der Waals surface area (Å²) in [5.74, 6) is -1.25. The van der Waals surface area contributed by atoms with Gasteiger partial charge in [-0.1, -0.05) is 29.8 Å². The second kappa shape index (κ2) is 7.59. The number of rotatable bonds is 7. The lowest BCUT2D eigenvalue weighted by atomic mass is 10.1. The fraction of sp³-hybridized carbons (Fsp3) is 0.176. The van der Waals surface area contributed by atoms with Gasteiger partial charge >= 0.3 is 0 Å².